The molecular weight excluding hydrogens is 284 g/mol. The number of nitrogens with zero attached hydrogens (tertiary/aromatic N) is 1. The number of carbonyl (C=O) groups excluding carboxylic acids is 1. The van der Waals surface area contributed by atoms with Gasteiger partial charge in [0, 0.05) is 17.5 Å². The number of benzene rings is 1. The number of rotatable bonds is 4. The van der Waals surface area contributed by atoms with Crippen molar-refractivity contribution in [3.63, 3.8) is 0 Å². The zero-order valence-corrected chi connectivity index (χ0v) is 12.5. The maximum atomic E-state index is 12.1. The number of thiazole rings is 1. The van der Waals surface area contributed by atoms with Gasteiger partial charge in [-0.25, -0.2) is 4.98 Å². The van der Waals surface area contributed by atoms with Gasteiger partial charge in [0.15, 0.2) is 0 Å². The maximum Gasteiger partial charge on any atom is 0.270 e. The largest absolute Gasteiger partial charge is 0.388 e. The van der Waals surface area contributed by atoms with Gasteiger partial charge in [-0.05, 0) is 12.8 Å². The monoisotopic (exact) mass is 302 g/mol. The second-order valence-electron chi connectivity index (χ2n) is 5.52. The molecule has 4 nitrogen and oxygen atoms in total. The number of aliphatic hydroxyl groups is 1. The fourth-order valence-electron chi connectivity index (χ4n) is 2.64. The van der Waals surface area contributed by atoms with Crippen molar-refractivity contribution >= 4 is 17.2 Å². The molecule has 1 heterocycles. The average molecular weight is 302 g/mol. The Morgan fingerprint density at radius 2 is 2.00 bits per heavy atom. The van der Waals surface area contributed by atoms with Crippen molar-refractivity contribution < 1.29 is 9.90 Å². The lowest BCUT2D eigenvalue weighted by atomic mass is 10.0. The molecule has 110 valence electrons. The van der Waals surface area contributed by atoms with E-state index in [1.54, 1.807) is 5.38 Å². The average Bonchev–Trinajstić information content (AvgIpc) is 3.16. The molecule has 1 aromatic heterocycles. The van der Waals surface area contributed by atoms with E-state index < -0.39 is 5.60 Å². The summed E-state index contributed by atoms with van der Waals surface area (Å²) < 4.78 is 0. The number of carbonyl (C=O) groups is 1. The third-order valence-electron chi connectivity index (χ3n) is 3.87. The lowest BCUT2D eigenvalue weighted by molar-refractivity contribution is 0.0449. The van der Waals surface area contributed by atoms with Gasteiger partial charge in [-0.15, -0.1) is 11.3 Å². The van der Waals surface area contributed by atoms with Crippen molar-refractivity contribution in [3.8, 4) is 10.6 Å². The highest BCUT2D eigenvalue weighted by Crippen LogP contribution is 2.29. The minimum Gasteiger partial charge on any atom is -0.388 e. The summed E-state index contributed by atoms with van der Waals surface area (Å²) >= 11 is 1.45. The fraction of sp³-hybridized carbons (Fsp3) is 0.375. The first-order valence-corrected chi connectivity index (χ1v) is 8.06. The van der Waals surface area contributed by atoms with Crippen LogP contribution < -0.4 is 5.32 Å². The molecule has 1 saturated carbocycles. The van der Waals surface area contributed by atoms with Crippen LogP contribution in [0.2, 0.25) is 0 Å². The third-order valence-corrected chi connectivity index (χ3v) is 4.76. The van der Waals surface area contributed by atoms with Crippen molar-refractivity contribution in [2.75, 3.05) is 6.54 Å². The quantitative estimate of drug-likeness (QED) is 0.913. The fourth-order valence-corrected chi connectivity index (χ4v) is 3.44. The first-order valence-electron chi connectivity index (χ1n) is 7.18. The molecule has 0 unspecified atom stereocenters. The molecule has 0 spiro atoms. The topological polar surface area (TPSA) is 62.2 Å². The Bertz CT molecular complexity index is 618. The molecule has 1 aromatic carbocycles. The molecular formula is C16H18N2O2S. The van der Waals surface area contributed by atoms with Crippen LogP contribution in [0.1, 0.15) is 36.2 Å². The maximum absolute atomic E-state index is 12.1. The number of aromatic nitrogens is 1. The molecule has 0 radical (unpaired) electrons. The van der Waals surface area contributed by atoms with Crippen LogP contribution in [-0.2, 0) is 0 Å². The smallest absolute Gasteiger partial charge is 0.270 e. The zero-order valence-electron chi connectivity index (χ0n) is 11.7. The molecule has 0 bridgehead atoms. The second kappa shape index (κ2) is 5.95. The summed E-state index contributed by atoms with van der Waals surface area (Å²) in [5, 5.41) is 15.6. The Kier molecular flexibility index (Phi) is 4.03. The van der Waals surface area contributed by atoms with Crippen LogP contribution in [0.3, 0.4) is 0 Å². The van der Waals surface area contributed by atoms with Crippen LogP contribution in [0, 0.1) is 0 Å². The van der Waals surface area contributed by atoms with Crippen molar-refractivity contribution in [3.05, 3.63) is 41.4 Å². The van der Waals surface area contributed by atoms with Crippen LogP contribution in [0.4, 0.5) is 0 Å². The number of nitrogens with one attached hydrogen (secondary N) is 1. The van der Waals surface area contributed by atoms with Gasteiger partial charge in [0.25, 0.3) is 5.91 Å². The predicted molar refractivity (Wildman–Crippen MR) is 83.3 cm³/mol. The van der Waals surface area contributed by atoms with E-state index in [1.165, 1.54) is 11.3 Å². The molecule has 21 heavy (non-hydrogen) atoms. The highest BCUT2D eigenvalue weighted by Gasteiger charge is 2.31. The Morgan fingerprint density at radius 1 is 1.29 bits per heavy atom. The van der Waals surface area contributed by atoms with Gasteiger partial charge in [-0.1, -0.05) is 43.2 Å². The number of hydrogen-bond donors (Lipinski definition) is 2. The predicted octanol–water partition coefficient (Wildman–Crippen LogP) is 2.85. The summed E-state index contributed by atoms with van der Waals surface area (Å²) in [5.41, 5.74) is 0.699. The highest BCUT2D eigenvalue weighted by atomic mass is 32.1. The number of hydrogen-bond acceptors (Lipinski definition) is 4. The normalized spacial score (nSPS) is 16.8. The Labute approximate surface area is 127 Å². The van der Waals surface area contributed by atoms with Gasteiger partial charge >= 0.3 is 0 Å². The van der Waals surface area contributed by atoms with Crippen molar-refractivity contribution in [1.29, 1.82) is 0 Å². The second-order valence-corrected chi connectivity index (χ2v) is 6.38. The molecule has 2 N–H and O–H groups in total. The van der Waals surface area contributed by atoms with Crippen LogP contribution in [0.15, 0.2) is 35.7 Å². The van der Waals surface area contributed by atoms with Gasteiger partial charge in [0.05, 0.1) is 5.60 Å². The van der Waals surface area contributed by atoms with E-state index in [0.29, 0.717) is 12.2 Å². The van der Waals surface area contributed by atoms with Crippen LogP contribution >= 0.6 is 11.3 Å². The highest BCUT2D eigenvalue weighted by molar-refractivity contribution is 7.13. The minimum absolute atomic E-state index is 0.214. The lowest BCUT2D eigenvalue weighted by Gasteiger charge is -2.21. The van der Waals surface area contributed by atoms with Crippen LogP contribution in [0.25, 0.3) is 10.6 Å². The molecule has 3 rings (SSSR count). The van der Waals surface area contributed by atoms with Gasteiger partial charge in [-0.2, -0.15) is 0 Å². The summed E-state index contributed by atoms with van der Waals surface area (Å²) in [6.45, 7) is 0.310. The molecule has 1 aliphatic rings. The molecule has 2 aromatic rings. The standard InChI is InChI=1S/C16H18N2O2S/c19-14(17-11-16(20)8-4-5-9-16)13-10-21-15(18-13)12-6-2-1-3-7-12/h1-3,6-7,10,20H,4-5,8-9,11H2,(H,17,19). The Morgan fingerprint density at radius 3 is 2.71 bits per heavy atom. The summed E-state index contributed by atoms with van der Waals surface area (Å²) in [4.78, 5) is 16.5. The van der Waals surface area contributed by atoms with Crippen LogP contribution in [-0.4, -0.2) is 28.1 Å². The van der Waals surface area contributed by atoms with Gasteiger partial charge in [-0.3, -0.25) is 4.79 Å². The Balaban J connectivity index is 1.64. The molecule has 0 atom stereocenters. The van der Waals surface area contributed by atoms with E-state index in [2.05, 4.69) is 10.3 Å². The van der Waals surface area contributed by atoms with Crippen molar-refractivity contribution in [2.45, 2.75) is 31.3 Å². The minimum atomic E-state index is -0.728. The van der Waals surface area contributed by atoms with Gasteiger partial charge in [0.2, 0.25) is 0 Å². The molecule has 0 saturated heterocycles. The third kappa shape index (κ3) is 3.31. The molecule has 1 aliphatic carbocycles. The number of amides is 1. The first-order chi connectivity index (χ1) is 10.2. The van der Waals surface area contributed by atoms with E-state index in [4.69, 9.17) is 0 Å². The van der Waals surface area contributed by atoms with Crippen molar-refractivity contribution in [1.82, 2.24) is 10.3 Å². The van der Waals surface area contributed by atoms with Gasteiger partial charge in [0.1, 0.15) is 10.7 Å². The lowest BCUT2D eigenvalue weighted by Crippen LogP contribution is -2.40. The SMILES string of the molecule is O=C(NCC1(O)CCCC1)c1csc(-c2ccccc2)n1. The molecule has 1 amide bonds. The van der Waals surface area contributed by atoms with Crippen molar-refractivity contribution in [2.24, 2.45) is 0 Å². The van der Waals surface area contributed by atoms with Gasteiger partial charge < -0.3 is 10.4 Å². The van der Waals surface area contributed by atoms with Crippen LogP contribution in [0.5, 0.6) is 0 Å². The molecule has 1 fully saturated rings. The summed E-state index contributed by atoms with van der Waals surface area (Å²) in [5.74, 6) is -0.214. The van der Waals surface area contributed by atoms with E-state index in [1.807, 2.05) is 30.3 Å². The summed E-state index contributed by atoms with van der Waals surface area (Å²) in [6.07, 6.45) is 3.58. The zero-order chi connectivity index (χ0) is 14.7. The van der Waals surface area contributed by atoms with E-state index in [-0.39, 0.29) is 5.91 Å². The first kappa shape index (κ1) is 14.2. The van der Waals surface area contributed by atoms with E-state index in [9.17, 15) is 9.90 Å². The van der Waals surface area contributed by atoms with E-state index >= 15 is 0 Å². The molecule has 5 heteroatoms. The van der Waals surface area contributed by atoms with E-state index in [0.717, 1.165) is 36.3 Å². The molecule has 0 aliphatic heterocycles. The summed E-state index contributed by atoms with van der Waals surface area (Å²) in [6, 6.07) is 9.80. The summed E-state index contributed by atoms with van der Waals surface area (Å²) in [7, 11) is 0. The Hall–Kier alpha value is -1.72.